The van der Waals surface area contributed by atoms with Crippen LogP contribution in [0.4, 0.5) is 0 Å². The van der Waals surface area contributed by atoms with Gasteiger partial charge in [-0.3, -0.25) is 9.80 Å². The highest BCUT2D eigenvalue weighted by Gasteiger charge is 2.08. The summed E-state index contributed by atoms with van der Waals surface area (Å²) in [6.07, 6.45) is 5.51. The smallest absolute Gasteiger partial charge is 0.222 e. The molecule has 0 bridgehead atoms. The minimum absolute atomic E-state index is 0.0585. The predicted octanol–water partition coefficient (Wildman–Crippen LogP) is 0.318. The summed E-state index contributed by atoms with van der Waals surface area (Å²) in [5.41, 5.74) is 2.99. The quantitative estimate of drug-likeness (QED) is 0.622. The van der Waals surface area contributed by atoms with Gasteiger partial charge in [0.25, 0.3) is 0 Å². The summed E-state index contributed by atoms with van der Waals surface area (Å²) < 4.78 is 0. The number of rotatable bonds is 2. The molecule has 4 nitrogen and oxygen atoms in total. The zero-order chi connectivity index (χ0) is 8.97. The van der Waals surface area contributed by atoms with Gasteiger partial charge in [-0.05, 0) is 19.1 Å². The Morgan fingerprint density at radius 3 is 3.08 bits per heavy atom. The van der Waals surface area contributed by atoms with Crippen LogP contribution in [0.15, 0.2) is 24.2 Å². The molecule has 0 aliphatic carbocycles. The van der Waals surface area contributed by atoms with Gasteiger partial charge < -0.3 is 10.7 Å². The molecule has 12 heavy (non-hydrogen) atoms. The molecule has 0 atom stereocenters. The van der Waals surface area contributed by atoms with E-state index in [4.69, 9.17) is 0 Å². The van der Waals surface area contributed by atoms with Crippen molar-refractivity contribution < 1.29 is 4.79 Å². The van der Waals surface area contributed by atoms with E-state index in [0.717, 1.165) is 12.4 Å². The van der Waals surface area contributed by atoms with Gasteiger partial charge in [0, 0.05) is 19.7 Å². The van der Waals surface area contributed by atoms with Gasteiger partial charge in [-0.1, -0.05) is 0 Å². The first-order chi connectivity index (χ1) is 5.74. The number of carbonyl (C=O) groups is 1. The van der Waals surface area contributed by atoms with Crippen LogP contribution in [0.2, 0.25) is 0 Å². The van der Waals surface area contributed by atoms with E-state index in [-0.39, 0.29) is 5.91 Å². The molecule has 0 aromatic heterocycles. The minimum Gasteiger partial charge on any atom is -0.311 e. The van der Waals surface area contributed by atoms with Crippen molar-refractivity contribution >= 4 is 5.91 Å². The third-order valence-corrected chi connectivity index (χ3v) is 1.49. The number of hydrazine groups is 1. The second-order valence-corrected chi connectivity index (χ2v) is 2.47. The minimum atomic E-state index is -0.0585. The van der Waals surface area contributed by atoms with Gasteiger partial charge in [-0.25, -0.2) is 0 Å². The fourth-order valence-electron chi connectivity index (χ4n) is 0.983. The standard InChI is InChI=1S/C8H13N3O/c1-3-11-8(10-7(2)12)5-4-6-9-11/h4-6,9H,3H2,1-2H3,(H,10,12). The van der Waals surface area contributed by atoms with Crippen molar-refractivity contribution in [2.45, 2.75) is 13.8 Å². The van der Waals surface area contributed by atoms with E-state index in [2.05, 4.69) is 10.7 Å². The lowest BCUT2D eigenvalue weighted by Crippen LogP contribution is -2.41. The lowest BCUT2D eigenvalue weighted by atomic mass is 10.4. The molecule has 0 fully saturated rings. The molecule has 4 heteroatoms. The number of nitrogens with zero attached hydrogens (tertiary/aromatic N) is 1. The predicted molar refractivity (Wildman–Crippen MR) is 46.6 cm³/mol. The molecular formula is C8H13N3O. The van der Waals surface area contributed by atoms with Gasteiger partial charge >= 0.3 is 0 Å². The first-order valence-electron chi connectivity index (χ1n) is 3.92. The topological polar surface area (TPSA) is 44.4 Å². The van der Waals surface area contributed by atoms with E-state index in [1.807, 2.05) is 30.3 Å². The molecule has 1 rings (SSSR count). The number of carbonyl (C=O) groups excluding carboxylic acids is 1. The third-order valence-electron chi connectivity index (χ3n) is 1.49. The van der Waals surface area contributed by atoms with Gasteiger partial charge in [0.1, 0.15) is 5.82 Å². The molecule has 1 amide bonds. The Bertz CT molecular complexity index is 232. The number of nitrogens with one attached hydrogen (secondary N) is 2. The van der Waals surface area contributed by atoms with Crippen molar-refractivity contribution in [1.29, 1.82) is 0 Å². The van der Waals surface area contributed by atoms with E-state index in [9.17, 15) is 4.79 Å². The highest BCUT2D eigenvalue weighted by atomic mass is 16.1. The van der Waals surface area contributed by atoms with Crippen LogP contribution < -0.4 is 10.7 Å². The van der Waals surface area contributed by atoms with E-state index in [1.54, 1.807) is 0 Å². The maximum Gasteiger partial charge on any atom is 0.222 e. The van der Waals surface area contributed by atoms with Crippen LogP contribution >= 0.6 is 0 Å². The van der Waals surface area contributed by atoms with E-state index >= 15 is 0 Å². The highest BCUT2D eigenvalue weighted by molar-refractivity contribution is 5.74. The molecule has 0 radical (unpaired) electrons. The van der Waals surface area contributed by atoms with Crippen LogP contribution in [-0.4, -0.2) is 17.5 Å². The van der Waals surface area contributed by atoms with Crippen LogP contribution in [-0.2, 0) is 4.79 Å². The molecule has 0 spiro atoms. The van der Waals surface area contributed by atoms with Gasteiger partial charge in [-0.15, -0.1) is 0 Å². The summed E-state index contributed by atoms with van der Waals surface area (Å²) in [6.45, 7) is 4.30. The Labute approximate surface area is 71.9 Å². The summed E-state index contributed by atoms with van der Waals surface area (Å²) in [7, 11) is 0. The second kappa shape index (κ2) is 3.80. The lowest BCUT2D eigenvalue weighted by molar-refractivity contribution is -0.118. The van der Waals surface area contributed by atoms with Crippen LogP contribution in [0.5, 0.6) is 0 Å². The van der Waals surface area contributed by atoms with Gasteiger partial charge in [0.15, 0.2) is 0 Å². The van der Waals surface area contributed by atoms with E-state index in [1.165, 1.54) is 6.92 Å². The van der Waals surface area contributed by atoms with Crippen molar-refractivity contribution in [1.82, 2.24) is 15.8 Å². The zero-order valence-corrected chi connectivity index (χ0v) is 7.29. The van der Waals surface area contributed by atoms with Crippen LogP contribution in [0.25, 0.3) is 0 Å². The fourth-order valence-corrected chi connectivity index (χ4v) is 0.983. The number of hydrogen-bond acceptors (Lipinski definition) is 3. The molecule has 1 aliphatic rings. The fraction of sp³-hybridized carbons (Fsp3) is 0.375. The van der Waals surface area contributed by atoms with E-state index < -0.39 is 0 Å². The Morgan fingerprint density at radius 2 is 2.50 bits per heavy atom. The molecule has 0 aromatic rings. The van der Waals surface area contributed by atoms with Crippen molar-refractivity contribution in [3.8, 4) is 0 Å². The van der Waals surface area contributed by atoms with Crippen molar-refractivity contribution in [3.63, 3.8) is 0 Å². The molecule has 1 heterocycles. The number of hydrogen-bond donors (Lipinski definition) is 2. The molecular weight excluding hydrogens is 154 g/mol. The Morgan fingerprint density at radius 1 is 1.75 bits per heavy atom. The summed E-state index contributed by atoms with van der Waals surface area (Å²) >= 11 is 0. The summed E-state index contributed by atoms with van der Waals surface area (Å²) in [5.74, 6) is 0.726. The van der Waals surface area contributed by atoms with Gasteiger partial charge in [0.2, 0.25) is 5.91 Å². The number of allylic oxidation sites excluding steroid dienone is 2. The largest absolute Gasteiger partial charge is 0.311 e. The maximum atomic E-state index is 10.7. The summed E-state index contributed by atoms with van der Waals surface area (Å²) in [6, 6.07) is 0. The highest BCUT2D eigenvalue weighted by Crippen LogP contribution is 2.01. The maximum absolute atomic E-state index is 10.7. The second-order valence-electron chi connectivity index (χ2n) is 2.47. The molecule has 0 saturated carbocycles. The first kappa shape index (κ1) is 8.64. The normalized spacial score (nSPS) is 15.2. The monoisotopic (exact) mass is 167 g/mol. The summed E-state index contributed by atoms with van der Waals surface area (Å²) in [4.78, 5) is 10.7. The zero-order valence-electron chi connectivity index (χ0n) is 7.29. The Balaban J connectivity index is 2.63. The van der Waals surface area contributed by atoms with Crippen LogP contribution in [0.3, 0.4) is 0 Å². The van der Waals surface area contributed by atoms with Crippen LogP contribution in [0.1, 0.15) is 13.8 Å². The molecule has 2 N–H and O–H groups in total. The SMILES string of the molecule is CCN1NC=CC=C1NC(C)=O. The van der Waals surface area contributed by atoms with Crippen molar-refractivity contribution in [3.05, 3.63) is 24.2 Å². The molecule has 0 saturated heterocycles. The van der Waals surface area contributed by atoms with Gasteiger partial charge in [0.05, 0.1) is 0 Å². The van der Waals surface area contributed by atoms with Crippen molar-refractivity contribution in [2.75, 3.05) is 6.54 Å². The molecule has 66 valence electrons. The Hall–Kier alpha value is -1.45. The van der Waals surface area contributed by atoms with E-state index in [0.29, 0.717) is 0 Å². The average Bonchev–Trinajstić information content (AvgIpc) is 2.04. The molecule has 1 aliphatic heterocycles. The van der Waals surface area contributed by atoms with Crippen molar-refractivity contribution in [2.24, 2.45) is 0 Å². The first-order valence-corrected chi connectivity index (χ1v) is 3.92. The molecule has 0 aromatic carbocycles. The average molecular weight is 167 g/mol. The Kier molecular flexibility index (Phi) is 2.74. The molecule has 0 unspecified atom stereocenters. The van der Waals surface area contributed by atoms with Crippen LogP contribution in [0, 0.1) is 0 Å². The number of amides is 1. The van der Waals surface area contributed by atoms with Gasteiger partial charge in [-0.2, -0.15) is 0 Å². The lowest BCUT2D eigenvalue weighted by Gasteiger charge is -2.27. The summed E-state index contributed by atoms with van der Waals surface area (Å²) in [5, 5.41) is 4.57. The third kappa shape index (κ3) is 2.02.